The van der Waals surface area contributed by atoms with E-state index < -0.39 is 0 Å². The Morgan fingerprint density at radius 3 is 2.81 bits per heavy atom. The first kappa shape index (κ1) is 14.6. The summed E-state index contributed by atoms with van der Waals surface area (Å²) >= 11 is 5.34. The molecule has 0 aliphatic heterocycles. The van der Waals surface area contributed by atoms with Gasteiger partial charge in [0.2, 0.25) is 0 Å². The molecule has 0 amide bonds. The van der Waals surface area contributed by atoms with Crippen molar-refractivity contribution >= 4 is 38.3 Å². The number of hydrogen-bond donors (Lipinski definition) is 3. The van der Waals surface area contributed by atoms with Crippen LogP contribution in [-0.4, -0.2) is 16.5 Å². The molecule has 2 heterocycles. The molecule has 0 saturated heterocycles. The van der Waals surface area contributed by atoms with Gasteiger partial charge in [0, 0.05) is 9.35 Å². The highest BCUT2D eigenvalue weighted by Gasteiger charge is 2.18. The maximum atomic E-state index is 11.4. The SMILES string of the molecule is CCCNC(c1ccc2[nH]c(=O)[nH]c2c1)c1sccc1Br. The molecule has 0 radical (unpaired) electrons. The van der Waals surface area contributed by atoms with E-state index in [2.05, 4.69) is 55.7 Å². The molecule has 0 saturated carbocycles. The highest BCUT2D eigenvalue weighted by atomic mass is 79.9. The Morgan fingerprint density at radius 1 is 1.29 bits per heavy atom. The minimum atomic E-state index is -0.169. The normalized spacial score (nSPS) is 12.9. The fourth-order valence-electron chi connectivity index (χ4n) is 2.39. The van der Waals surface area contributed by atoms with Crippen LogP contribution in [0.1, 0.15) is 29.8 Å². The zero-order valence-electron chi connectivity index (χ0n) is 11.6. The quantitative estimate of drug-likeness (QED) is 0.644. The second-order valence-electron chi connectivity index (χ2n) is 4.90. The van der Waals surface area contributed by atoms with Crippen LogP contribution in [0, 0.1) is 0 Å². The lowest BCUT2D eigenvalue weighted by atomic mass is 10.0. The Balaban J connectivity index is 2.04. The molecule has 0 aliphatic rings. The fourth-order valence-corrected chi connectivity index (χ4v) is 4.10. The lowest BCUT2D eigenvalue weighted by molar-refractivity contribution is 0.605. The van der Waals surface area contributed by atoms with Crippen LogP contribution in [0.4, 0.5) is 0 Å². The van der Waals surface area contributed by atoms with Crippen molar-refractivity contribution in [2.45, 2.75) is 19.4 Å². The van der Waals surface area contributed by atoms with E-state index >= 15 is 0 Å². The summed E-state index contributed by atoms with van der Waals surface area (Å²) in [5, 5.41) is 5.66. The van der Waals surface area contributed by atoms with E-state index in [1.54, 1.807) is 11.3 Å². The van der Waals surface area contributed by atoms with Crippen LogP contribution in [0.5, 0.6) is 0 Å². The van der Waals surface area contributed by atoms with Gasteiger partial charge >= 0.3 is 5.69 Å². The Kier molecular flexibility index (Phi) is 4.28. The second kappa shape index (κ2) is 6.17. The standard InChI is InChI=1S/C15H16BrN3OS/c1-2-6-17-13(14-10(16)5-7-21-14)9-3-4-11-12(8-9)19-15(20)18-11/h3-5,7-8,13,17H,2,6H2,1H3,(H2,18,19,20). The Labute approximate surface area is 134 Å². The molecule has 2 aromatic heterocycles. The van der Waals surface area contributed by atoms with Crippen molar-refractivity contribution < 1.29 is 0 Å². The monoisotopic (exact) mass is 365 g/mol. The molecule has 4 nitrogen and oxygen atoms in total. The van der Waals surface area contributed by atoms with Gasteiger partial charge in [-0.1, -0.05) is 13.0 Å². The molecule has 3 aromatic rings. The van der Waals surface area contributed by atoms with Gasteiger partial charge in [-0.05, 0) is 58.0 Å². The van der Waals surface area contributed by atoms with Crippen LogP contribution >= 0.6 is 27.3 Å². The lowest BCUT2D eigenvalue weighted by Gasteiger charge is -2.18. The number of benzene rings is 1. The number of aromatic nitrogens is 2. The summed E-state index contributed by atoms with van der Waals surface area (Å²) in [5.74, 6) is 0. The third-order valence-electron chi connectivity index (χ3n) is 3.38. The molecule has 3 N–H and O–H groups in total. The molecule has 110 valence electrons. The average molecular weight is 366 g/mol. The molecule has 0 aliphatic carbocycles. The van der Waals surface area contributed by atoms with Crippen LogP contribution in [-0.2, 0) is 0 Å². The van der Waals surface area contributed by atoms with E-state index in [-0.39, 0.29) is 11.7 Å². The molecule has 1 aromatic carbocycles. The fraction of sp³-hybridized carbons (Fsp3) is 0.267. The molecule has 6 heteroatoms. The van der Waals surface area contributed by atoms with Crippen molar-refractivity contribution in [3.05, 3.63) is 55.0 Å². The number of rotatable bonds is 5. The third-order valence-corrected chi connectivity index (χ3v) is 5.31. The molecular weight excluding hydrogens is 350 g/mol. The van der Waals surface area contributed by atoms with E-state index in [9.17, 15) is 4.79 Å². The number of aromatic amines is 2. The van der Waals surface area contributed by atoms with Gasteiger partial charge in [-0.2, -0.15) is 0 Å². The van der Waals surface area contributed by atoms with Gasteiger partial charge in [0.15, 0.2) is 0 Å². The minimum Gasteiger partial charge on any atom is -0.306 e. The largest absolute Gasteiger partial charge is 0.323 e. The zero-order chi connectivity index (χ0) is 14.8. The van der Waals surface area contributed by atoms with Gasteiger partial charge in [-0.3, -0.25) is 0 Å². The summed E-state index contributed by atoms with van der Waals surface area (Å²) in [6.45, 7) is 3.09. The van der Waals surface area contributed by atoms with Crippen molar-refractivity contribution in [1.29, 1.82) is 0 Å². The van der Waals surface area contributed by atoms with Gasteiger partial charge in [-0.25, -0.2) is 4.79 Å². The number of H-pyrrole nitrogens is 2. The van der Waals surface area contributed by atoms with Gasteiger partial charge in [-0.15, -0.1) is 11.3 Å². The van der Waals surface area contributed by atoms with Gasteiger partial charge in [0.25, 0.3) is 0 Å². The number of fused-ring (bicyclic) bond motifs is 1. The summed E-state index contributed by atoms with van der Waals surface area (Å²) in [5.41, 5.74) is 2.66. The Bertz CT molecular complexity index is 804. The highest BCUT2D eigenvalue weighted by molar-refractivity contribution is 9.10. The van der Waals surface area contributed by atoms with E-state index in [1.165, 1.54) is 4.88 Å². The average Bonchev–Trinajstić information content (AvgIpc) is 3.04. The molecule has 1 atom stereocenters. The van der Waals surface area contributed by atoms with E-state index in [0.717, 1.165) is 34.0 Å². The first-order valence-electron chi connectivity index (χ1n) is 6.87. The third kappa shape index (κ3) is 2.97. The summed E-state index contributed by atoms with van der Waals surface area (Å²) < 4.78 is 1.11. The van der Waals surface area contributed by atoms with Crippen LogP contribution < -0.4 is 11.0 Å². The summed E-state index contributed by atoms with van der Waals surface area (Å²) in [6, 6.07) is 8.24. The lowest BCUT2D eigenvalue weighted by Crippen LogP contribution is -2.22. The van der Waals surface area contributed by atoms with E-state index in [4.69, 9.17) is 0 Å². The first-order valence-corrected chi connectivity index (χ1v) is 8.54. The van der Waals surface area contributed by atoms with Crippen LogP contribution in [0.15, 0.2) is 38.9 Å². The van der Waals surface area contributed by atoms with Gasteiger partial charge < -0.3 is 15.3 Å². The molecule has 21 heavy (non-hydrogen) atoms. The number of halogens is 1. The second-order valence-corrected chi connectivity index (χ2v) is 6.71. The molecule has 0 fully saturated rings. The minimum absolute atomic E-state index is 0.127. The maximum absolute atomic E-state index is 11.4. The zero-order valence-corrected chi connectivity index (χ0v) is 14.0. The molecule has 3 rings (SSSR count). The Hall–Kier alpha value is -1.37. The summed E-state index contributed by atoms with van der Waals surface area (Å²) in [6.07, 6.45) is 1.07. The number of imidazole rings is 1. The topological polar surface area (TPSA) is 60.7 Å². The van der Waals surface area contributed by atoms with Crippen molar-refractivity contribution in [3.63, 3.8) is 0 Å². The molecule has 1 unspecified atom stereocenters. The summed E-state index contributed by atoms with van der Waals surface area (Å²) in [7, 11) is 0. The maximum Gasteiger partial charge on any atom is 0.323 e. The van der Waals surface area contributed by atoms with Crippen LogP contribution in [0.25, 0.3) is 11.0 Å². The number of thiophene rings is 1. The molecular formula is C15H16BrN3OS. The van der Waals surface area contributed by atoms with Crippen molar-refractivity contribution in [2.75, 3.05) is 6.54 Å². The Morgan fingerprint density at radius 2 is 2.10 bits per heavy atom. The number of nitrogens with one attached hydrogen (secondary N) is 3. The molecule has 0 bridgehead atoms. The van der Waals surface area contributed by atoms with Crippen molar-refractivity contribution in [1.82, 2.24) is 15.3 Å². The van der Waals surface area contributed by atoms with Crippen molar-refractivity contribution in [2.24, 2.45) is 0 Å². The van der Waals surface area contributed by atoms with Crippen LogP contribution in [0.3, 0.4) is 0 Å². The van der Waals surface area contributed by atoms with Gasteiger partial charge in [0.05, 0.1) is 17.1 Å². The van der Waals surface area contributed by atoms with Crippen LogP contribution in [0.2, 0.25) is 0 Å². The van der Waals surface area contributed by atoms with Crippen molar-refractivity contribution in [3.8, 4) is 0 Å². The predicted molar refractivity (Wildman–Crippen MR) is 91.1 cm³/mol. The number of hydrogen-bond acceptors (Lipinski definition) is 3. The highest BCUT2D eigenvalue weighted by Crippen LogP contribution is 2.33. The smallest absolute Gasteiger partial charge is 0.306 e. The van der Waals surface area contributed by atoms with E-state index in [1.807, 2.05) is 12.1 Å². The predicted octanol–water partition coefficient (Wildman–Crippen LogP) is 3.77. The first-order chi connectivity index (χ1) is 10.2. The summed E-state index contributed by atoms with van der Waals surface area (Å²) in [4.78, 5) is 18.2. The van der Waals surface area contributed by atoms with Gasteiger partial charge in [0.1, 0.15) is 0 Å². The molecule has 0 spiro atoms. The van der Waals surface area contributed by atoms with E-state index in [0.29, 0.717) is 0 Å².